The molecule has 2 heterocycles. The summed E-state index contributed by atoms with van der Waals surface area (Å²) in [7, 11) is -1.36. The van der Waals surface area contributed by atoms with Crippen LogP contribution in [0.3, 0.4) is 0 Å². The number of para-hydroxylation sites is 1. The van der Waals surface area contributed by atoms with E-state index in [2.05, 4.69) is 4.90 Å². The van der Waals surface area contributed by atoms with E-state index >= 15 is 0 Å². The lowest BCUT2D eigenvalue weighted by atomic mass is 10.1. The first kappa shape index (κ1) is 17.4. The van der Waals surface area contributed by atoms with E-state index in [1.165, 1.54) is 5.56 Å². The molecule has 0 bridgehead atoms. The Kier molecular flexibility index (Phi) is 4.67. The zero-order valence-corrected chi connectivity index (χ0v) is 16.0. The van der Waals surface area contributed by atoms with Gasteiger partial charge in [0.15, 0.2) is 15.0 Å². The number of hydrogen-bond acceptors (Lipinski definition) is 6. The SMILES string of the molecule is COc1ccc(CSC2=N[C@@H]3CS(=O)(=O)C[C@H]3N2c2ccccc2)cc1. The third kappa shape index (κ3) is 3.46. The third-order valence-electron chi connectivity index (χ3n) is 4.67. The van der Waals surface area contributed by atoms with Crippen molar-refractivity contribution < 1.29 is 13.2 Å². The second-order valence-electron chi connectivity index (χ2n) is 6.47. The second-order valence-corrected chi connectivity index (χ2v) is 9.56. The maximum absolute atomic E-state index is 12.1. The first-order valence-electron chi connectivity index (χ1n) is 8.44. The molecule has 0 spiro atoms. The number of methoxy groups -OCH3 is 1. The van der Waals surface area contributed by atoms with Crippen molar-refractivity contribution in [1.82, 2.24) is 0 Å². The van der Waals surface area contributed by atoms with E-state index in [1.54, 1.807) is 18.9 Å². The monoisotopic (exact) mass is 388 g/mol. The van der Waals surface area contributed by atoms with Gasteiger partial charge in [0, 0.05) is 11.4 Å². The Labute approximate surface area is 158 Å². The summed E-state index contributed by atoms with van der Waals surface area (Å²) >= 11 is 1.65. The number of fused-ring (bicyclic) bond motifs is 1. The van der Waals surface area contributed by atoms with Gasteiger partial charge in [0.25, 0.3) is 0 Å². The van der Waals surface area contributed by atoms with Gasteiger partial charge in [0.05, 0.1) is 30.7 Å². The van der Waals surface area contributed by atoms with Gasteiger partial charge in [-0.2, -0.15) is 0 Å². The van der Waals surface area contributed by atoms with Gasteiger partial charge in [0.1, 0.15) is 5.75 Å². The zero-order valence-electron chi connectivity index (χ0n) is 14.4. The van der Waals surface area contributed by atoms with Crippen LogP contribution in [0, 0.1) is 0 Å². The number of aliphatic imine (C=N–C) groups is 1. The van der Waals surface area contributed by atoms with Crippen molar-refractivity contribution >= 4 is 32.5 Å². The van der Waals surface area contributed by atoms with Crippen LogP contribution in [0.4, 0.5) is 5.69 Å². The molecule has 0 amide bonds. The third-order valence-corrected chi connectivity index (χ3v) is 7.41. The van der Waals surface area contributed by atoms with Gasteiger partial charge in [-0.15, -0.1) is 0 Å². The molecule has 2 aromatic carbocycles. The number of thioether (sulfide) groups is 1. The van der Waals surface area contributed by atoms with E-state index in [9.17, 15) is 8.42 Å². The molecule has 1 fully saturated rings. The Bertz CT molecular complexity index is 912. The van der Waals surface area contributed by atoms with Crippen molar-refractivity contribution in [2.45, 2.75) is 17.8 Å². The number of anilines is 1. The Morgan fingerprint density at radius 2 is 1.85 bits per heavy atom. The van der Waals surface area contributed by atoms with E-state index in [0.29, 0.717) is 0 Å². The first-order valence-corrected chi connectivity index (χ1v) is 11.2. The highest BCUT2D eigenvalue weighted by Crippen LogP contribution is 2.35. The van der Waals surface area contributed by atoms with Gasteiger partial charge < -0.3 is 9.64 Å². The van der Waals surface area contributed by atoms with Crippen LogP contribution in [0.15, 0.2) is 59.6 Å². The highest BCUT2D eigenvalue weighted by atomic mass is 32.2. The number of ether oxygens (including phenoxy) is 1. The van der Waals surface area contributed by atoms with E-state index in [1.807, 2.05) is 54.6 Å². The smallest absolute Gasteiger partial charge is 0.164 e. The van der Waals surface area contributed by atoms with Crippen molar-refractivity contribution in [2.24, 2.45) is 4.99 Å². The lowest BCUT2D eigenvalue weighted by Gasteiger charge is -2.26. The molecule has 0 N–H and O–H groups in total. The van der Waals surface area contributed by atoms with Crippen LogP contribution >= 0.6 is 11.8 Å². The predicted octanol–water partition coefficient (Wildman–Crippen LogP) is 2.97. The van der Waals surface area contributed by atoms with Crippen molar-refractivity contribution in [3.63, 3.8) is 0 Å². The lowest BCUT2D eigenvalue weighted by molar-refractivity contribution is 0.414. The maximum Gasteiger partial charge on any atom is 0.164 e. The van der Waals surface area contributed by atoms with Crippen LogP contribution in [-0.2, 0) is 15.6 Å². The molecule has 136 valence electrons. The van der Waals surface area contributed by atoms with Crippen molar-refractivity contribution in [3.8, 4) is 5.75 Å². The van der Waals surface area contributed by atoms with Crippen LogP contribution < -0.4 is 9.64 Å². The number of rotatable bonds is 4. The van der Waals surface area contributed by atoms with E-state index < -0.39 is 9.84 Å². The minimum Gasteiger partial charge on any atom is -0.497 e. The van der Waals surface area contributed by atoms with Crippen LogP contribution in [-0.4, -0.2) is 44.3 Å². The Balaban J connectivity index is 1.56. The van der Waals surface area contributed by atoms with Crippen molar-refractivity contribution in [2.75, 3.05) is 23.5 Å². The Morgan fingerprint density at radius 3 is 2.54 bits per heavy atom. The molecule has 2 aliphatic rings. The molecule has 7 heteroatoms. The summed E-state index contributed by atoms with van der Waals surface area (Å²) in [6.07, 6.45) is 0. The average Bonchev–Trinajstić information content (AvgIpc) is 3.12. The number of benzene rings is 2. The number of hydrogen-bond donors (Lipinski definition) is 0. The summed E-state index contributed by atoms with van der Waals surface area (Å²) in [4.78, 5) is 6.85. The fourth-order valence-corrected chi connectivity index (χ4v) is 6.32. The number of sulfone groups is 1. The topological polar surface area (TPSA) is 59.0 Å². The van der Waals surface area contributed by atoms with Gasteiger partial charge in [-0.05, 0) is 29.8 Å². The van der Waals surface area contributed by atoms with Crippen LogP contribution in [0.1, 0.15) is 5.56 Å². The molecule has 2 aliphatic heterocycles. The molecule has 2 aromatic rings. The summed E-state index contributed by atoms with van der Waals surface area (Å²) in [5.41, 5.74) is 2.18. The standard InChI is InChI=1S/C19H20N2O3S2/c1-24-16-9-7-14(8-10-16)11-25-19-20-17-12-26(22,23)13-18(17)21(19)15-5-3-2-4-6-15/h2-10,17-18H,11-13H2,1H3/t17-,18-/m1/s1. The Hall–Kier alpha value is -1.99. The van der Waals surface area contributed by atoms with Crippen LogP contribution in [0.2, 0.25) is 0 Å². The van der Waals surface area contributed by atoms with E-state index in [0.717, 1.165) is 22.4 Å². The normalized spacial score (nSPS) is 23.6. The molecule has 4 rings (SSSR count). The molecule has 0 unspecified atom stereocenters. The number of nitrogens with zero attached hydrogens (tertiary/aromatic N) is 2. The fourth-order valence-electron chi connectivity index (χ4n) is 3.39. The molecule has 2 atom stereocenters. The van der Waals surface area contributed by atoms with Crippen molar-refractivity contribution in [3.05, 3.63) is 60.2 Å². The van der Waals surface area contributed by atoms with Gasteiger partial charge in [-0.3, -0.25) is 4.99 Å². The second kappa shape index (κ2) is 6.96. The van der Waals surface area contributed by atoms with E-state index in [4.69, 9.17) is 9.73 Å². The molecule has 0 aliphatic carbocycles. The number of amidine groups is 1. The summed E-state index contributed by atoms with van der Waals surface area (Å²) in [5.74, 6) is 1.93. The maximum atomic E-state index is 12.1. The fraction of sp³-hybridized carbons (Fsp3) is 0.316. The average molecular weight is 389 g/mol. The largest absolute Gasteiger partial charge is 0.497 e. The highest BCUT2D eigenvalue weighted by Gasteiger charge is 2.47. The Morgan fingerprint density at radius 1 is 1.12 bits per heavy atom. The minimum atomic E-state index is -3.02. The highest BCUT2D eigenvalue weighted by molar-refractivity contribution is 8.13. The zero-order chi connectivity index (χ0) is 18.1. The van der Waals surface area contributed by atoms with Gasteiger partial charge >= 0.3 is 0 Å². The van der Waals surface area contributed by atoms with Crippen LogP contribution in [0.25, 0.3) is 0 Å². The molecular formula is C19H20N2O3S2. The molecule has 1 saturated heterocycles. The summed E-state index contributed by atoms with van der Waals surface area (Å²) in [6, 6.07) is 17.6. The van der Waals surface area contributed by atoms with Gasteiger partial charge in [-0.1, -0.05) is 42.1 Å². The molecular weight excluding hydrogens is 368 g/mol. The minimum absolute atomic E-state index is 0.0965. The van der Waals surface area contributed by atoms with Gasteiger partial charge in [-0.25, -0.2) is 8.42 Å². The van der Waals surface area contributed by atoms with E-state index in [-0.39, 0.29) is 23.6 Å². The summed E-state index contributed by atoms with van der Waals surface area (Å²) in [6.45, 7) is 0. The lowest BCUT2D eigenvalue weighted by Crippen LogP contribution is -2.39. The molecule has 5 nitrogen and oxygen atoms in total. The molecule has 26 heavy (non-hydrogen) atoms. The quantitative estimate of drug-likeness (QED) is 0.806. The molecule has 0 saturated carbocycles. The summed E-state index contributed by atoms with van der Waals surface area (Å²) < 4.78 is 29.3. The summed E-state index contributed by atoms with van der Waals surface area (Å²) in [5, 5.41) is 0.900. The molecule has 0 aromatic heterocycles. The first-order chi connectivity index (χ1) is 12.6. The molecule has 0 radical (unpaired) electrons. The van der Waals surface area contributed by atoms with Crippen LogP contribution in [0.5, 0.6) is 5.75 Å². The predicted molar refractivity (Wildman–Crippen MR) is 107 cm³/mol. The van der Waals surface area contributed by atoms with Crippen molar-refractivity contribution in [1.29, 1.82) is 0 Å². The van der Waals surface area contributed by atoms with Gasteiger partial charge in [0.2, 0.25) is 0 Å².